The maximum atomic E-state index is 13.4. The van der Waals surface area contributed by atoms with Crippen LogP contribution >= 0.6 is 0 Å². The van der Waals surface area contributed by atoms with Crippen LogP contribution in [0.4, 0.5) is 5.69 Å². The van der Waals surface area contributed by atoms with Crippen LogP contribution in [0, 0.1) is 11.8 Å². The Kier molecular flexibility index (Phi) is 6.03. The number of hydrogen-bond acceptors (Lipinski definition) is 5. The quantitative estimate of drug-likeness (QED) is 0.577. The van der Waals surface area contributed by atoms with Crippen molar-refractivity contribution < 1.29 is 24.2 Å². The predicted octanol–water partition coefficient (Wildman–Crippen LogP) is 1.30. The molecule has 8 heteroatoms. The Morgan fingerprint density at radius 2 is 2.03 bits per heavy atom. The molecule has 1 aromatic carbocycles. The molecule has 3 fully saturated rings. The van der Waals surface area contributed by atoms with Crippen LogP contribution in [0.5, 0.6) is 0 Å². The fraction of sp³-hybridized carbons (Fsp3) is 0.609. The first-order chi connectivity index (χ1) is 14.9. The minimum absolute atomic E-state index is 0.0326. The molecule has 0 aliphatic carbocycles. The van der Waals surface area contributed by atoms with Crippen molar-refractivity contribution in [3.8, 4) is 0 Å². The number of benzene rings is 1. The molecule has 3 aliphatic rings. The second-order valence-corrected chi connectivity index (χ2v) is 8.86. The molecule has 3 heterocycles. The van der Waals surface area contributed by atoms with Crippen LogP contribution in [0.1, 0.15) is 39.5 Å². The van der Waals surface area contributed by atoms with Crippen LogP contribution < -0.4 is 10.6 Å². The fourth-order valence-electron chi connectivity index (χ4n) is 5.68. The van der Waals surface area contributed by atoms with Gasteiger partial charge in [0.15, 0.2) is 0 Å². The van der Waals surface area contributed by atoms with Crippen LogP contribution in [-0.4, -0.2) is 64.7 Å². The van der Waals surface area contributed by atoms with Gasteiger partial charge in [-0.2, -0.15) is 0 Å². The predicted molar refractivity (Wildman–Crippen MR) is 114 cm³/mol. The number of nitrogens with one attached hydrogen (secondary N) is 2. The third kappa shape index (κ3) is 3.61. The summed E-state index contributed by atoms with van der Waals surface area (Å²) >= 11 is 0. The Morgan fingerprint density at radius 1 is 1.29 bits per heavy atom. The highest BCUT2D eigenvalue weighted by molar-refractivity contribution is 6.02. The largest absolute Gasteiger partial charge is 0.395 e. The summed E-state index contributed by atoms with van der Waals surface area (Å²) < 4.78 is 6.31. The molecule has 3 aliphatic heterocycles. The van der Waals surface area contributed by atoms with Gasteiger partial charge in [-0.05, 0) is 38.3 Å². The summed E-state index contributed by atoms with van der Waals surface area (Å²) in [6.07, 6.45) is 2.54. The number of nitrogens with zero attached hydrogens (tertiary/aromatic N) is 1. The van der Waals surface area contributed by atoms with Crippen LogP contribution in [0.3, 0.4) is 0 Å². The SMILES string of the molecule is CCCC(C)NC(=O)C1N(CCO)C(=O)[C@@H]2[C@@H](C(=O)Nc3ccccc3)[C@H]3CCC12O3. The minimum atomic E-state index is -1.02. The first-order valence-corrected chi connectivity index (χ1v) is 11.2. The van der Waals surface area contributed by atoms with Gasteiger partial charge in [-0.25, -0.2) is 0 Å². The van der Waals surface area contributed by atoms with Crippen molar-refractivity contribution in [2.45, 2.75) is 63.3 Å². The Morgan fingerprint density at radius 3 is 2.71 bits per heavy atom. The molecule has 0 aromatic heterocycles. The van der Waals surface area contributed by atoms with Gasteiger partial charge in [0.2, 0.25) is 17.7 Å². The van der Waals surface area contributed by atoms with Crippen LogP contribution in [-0.2, 0) is 19.1 Å². The summed E-state index contributed by atoms with van der Waals surface area (Å²) in [4.78, 5) is 41.3. The molecular formula is C23H31N3O5. The Hall–Kier alpha value is -2.45. The van der Waals surface area contributed by atoms with Gasteiger partial charge < -0.3 is 25.4 Å². The van der Waals surface area contributed by atoms with Crippen molar-refractivity contribution in [3.63, 3.8) is 0 Å². The van der Waals surface area contributed by atoms with E-state index in [1.807, 2.05) is 32.0 Å². The monoisotopic (exact) mass is 429 g/mol. The van der Waals surface area contributed by atoms with Gasteiger partial charge in [0.1, 0.15) is 11.6 Å². The van der Waals surface area contributed by atoms with E-state index in [2.05, 4.69) is 10.6 Å². The number of amides is 3. The number of carbonyl (C=O) groups excluding carboxylic acids is 3. The highest BCUT2D eigenvalue weighted by Crippen LogP contribution is 2.58. The van der Waals surface area contributed by atoms with E-state index in [0.29, 0.717) is 18.5 Å². The average Bonchev–Trinajstić information content (AvgIpc) is 3.37. The van der Waals surface area contributed by atoms with Gasteiger partial charge >= 0.3 is 0 Å². The van der Waals surface area contributed by atoms with Crippen molar-refractivity contribution in [1.82, 2.24) is 10.2 Å². The highest BCUT2D eigenvalue weighted by Gasteiger charge is 2.74. The second-order valence-electron chi connectivity index (χ2n) is 8.86. The number of para-hydroxylation sites is 1. The third-order valence-corrected chi connectivity index (χ3v) is 6.84. The average molecular weight is 430 g/mol. The van der Waals surface area contributed by atoms with E-state index in [1.54, 1.807) is 12.1 Å². The number of likely N-dealkylation sites (tertiary alicyclic amines) is 1. The molecule has 1 spiro atoms. The summed E-state index contributed by atoms with van der Waals surface area (Å²) in [6, 6.07) is 8.24. The molecule has 4 rings (SSSR count). The molecule has 8 nitrogen and oxygen atoms in total. The zero-order valence-corrected chi connectivity index (χ0v) is 18.0. The van der Waals surface area contributed by atoms with E-state index >= 15 is 0 Å². The molecule has 0 saturated carbocycles. The molecule has 168 valence electrons. The Labute approximate surface area is 182 Å². The first kappa shape index (κ1) is 21.8. The maximum Gasteiger partial charge on any atom is 0.246 e. The summed E-state index contributed by atoms with van der Waals surface area (Å²) in [5.74, 6) is -2.20. The number of aliphatic hydroxyl groups is 1. The number of rotatable bonds is 8. The molecular weight excluding hydrogens is 398 g/mol. The lowest BCUT2D eigenvalue weighted by molar-refractivity contribution is -0.142. The summed E-state index contributed by atoms with van der Waals surface area (Å²) in [7, 11) is 0. The Bertz CT molecular complexity index is 847. The topological polar surface area (TPSA) is 108 Å². The molecule has 3 saturated heterocycles. The number of ether oxygens (including phenoxy) is 1. The number of fused-ring (bicyclic) bond motifs is 1. The summed E-state index contributed by atoms with van der Waals surface area (Å²) in [6.45, 7) is 3.77. The van der Waals surface area contributed by atoms with Crippen molar-refractivity contribution in [1.29, 1.82) is 0 Å². The number of β-amino-alcohol motifs (C(OH)–C–C–N with tert-alkyl or cyclic N) is 1. The lowest BCUT2D eigenvalue weighted by Gasteiger charge is -2.34. The van der Waals surface area contributed by atoms with Crippen molar-refractivity contribution in [2.24, 2.45) is 11.8 Å². The van der Waals surface area contributed by atoms with Crippen molar-refractivity contribution >= 4 is 23.4 Å². The minimum Gasteiger partial charge on any atom is -0.395 e. The van der Waals surface area contributed by atoms with E-state index < -0.39 is 29.6 Å². The van der Waals surface area contributed by atoms with Crippen molar-refractivity contribution in [3.05, 3.63) is 30.3 Å². The van der Waals surface area contributed by atoms with Gasteiger partial charge in [-0.15, -0.1) is 0 Å². The normalized spacial score (nSPS) is 32.1. The summed E-state index contributed by atoms with van der Waals surface area (Å²) in [5.41, 5.74) is -0.365. The van der Waals surface area contributed by atoms with Crippen LogP contribution in [0.25, 0.3) is 0 Å². The highest BCUT2D eigenvalue weighted by atomic mass is 16.5. The molecule has 3 N–H and O–H groups in total. The molecule has 1 aromatic rings. The number of hydrogen-bond donors (Lipinski definition) is 3. The van der Waals surface area contributed by atoms with Crippen molar-refractivity contribution in [2.75, 3.05) is 18.5 Å². The van der Waals surface area contributed by atoms with Gasteiger partial charge in [0.25, 0.3) is 0 Å². The maximum absolute atomic E-state index is 13.4. The van der Waals surface area contributed by atoms with Gasteiger partial charge in [-0.3, -0.25) is 14.4 Å². The number of aliphatic hydroxyl groups excluding tert-OH is 1. The lowest BCUT2D eigenvalue weighted by atomic mass is 9.70. The number of carbonyl (C=O) groups is 3. The van der Waals surface area contributed by atoms with E-state index in [0.717, 1.165) is 12.8 Å². The molecule has 0 radical (unpaired) electrons. The fourth-order valence-corrected chi connectivity index (χ4v) is 5.68. The first-order valence-electron chi connectivity index (χ1n) is 11.2. The Balaban J connectivity index is 1.62. The lowest BCUT2D eigenvalue weighted by Crippen LogP contribution is -2.56. The van der Waals surface area contributed by atoms with Gasteiger partial charge in [-0.1, -0.05) is 31.5 Å². The smallest absolute Gasteiger partial charge is 0.246 e. The standard InChI is InChI=1S/C23H31N3O5/c1-3-7-14(2)24-21(29)19-23-11-10-16(31-23)17(18(23)22(30)26(19)12-13-27)20(28)25-15-8-5-4-6-9-15/h4-6,8-9,14,16-19,27H,3,7,10-13H2,1-2H3,(H,24,29)(H,25,28)/t14?,16-,17+,18+,19?,23?/m1/s1. The van der Waals surface area contributed by atoms with E-state index in [-0.39, 0.29) is 36.9 Å². The number of anilines is 1. The summed E-state index contributed by atoms with van der Waals surface area (Å²) in [5, 5.41) is 15.5. The van der Waals surface area contributed by atoms with E-state index in [9.17, 15) is 19.5 Å². The molecule has 2 bridgehead atoms. The zero-order chi connectivity index (χ0) is 22.2. The van der Waals surface area contributed by atoms with E-state index in [4.69, 9.17) is 4.74 Å². The molecule has 31 heavy (non-hydrogen) atoms. The second kappa shape index (κ2) is 8.59. The van der Waals surface area contributed by atoms with Crippen LogP contribution in [0.2, 0.25) is 0 Å². The molecule has 3 unspecified atom stereocenters. The van der Waals surface area contributed by atoms with E-state index in [1.165, 1.54) is 4.90 Å². The van der Waals surface area contributed by atoms with Gasteiger partial charge in [0, 0.05) is 18.3 Å². The zero-order valence-electron chi connectivity index (χ0n) is 18.0. The molecule has 3 amide bonds. The van der Waals surface area contributed by atoms with Gasteiger partial charge in [0.05, 0.1) is 24.5 Å². The molecule has 6 atom stereocenters. The van der Waals surface area contributed by atoms with Crippen LogP contribution in [0.15, 0.2) is 30.3 Å². The third-order valence-electron chi connectivity index (χ3n) is 6.84.